The topological polar surface area (TPSA) is 89.5 Å². The summed E-state index contributed by atoms with van der Waals surface area (Å²) in [5.74, 6) is -1.95. The quantitative estimate of drug-likeness (QED) is 0.552. The molecular formula is C20H14ClFN4O3. The fraction of sp³-hybridized carbons (Fsp3) is 0.200. The SMILES string of the molecule is Cc1c(-c2cc(Cl)c3ncnn3c2)c(F)cc2c(=O)c(C(=O)O)cn(C3CC3)c12. The molecule has 5 rings (SSSR count). The van der Waals surface area contributed by atoms with E-state index in [1.165, 1.54) is 17.0 Å². The predicted octanol–water partition coefficient (Wildman–Crippen LogP) is 3.85. The molecule has 1 saturated carbocycles. The van der Waals surface area contributed by atoms with E-state index in [4.69, 9.17) is 11.6 Å². The van der Waals surface area contributed by atoms with Crippen molar-refractivity contribution in [1.29, 1.82) is 0 Å². The van der Waals surface area contributed by atoms with E-state index >= 15 is 4.39 Å². The van der Waals surface area contributed by atoms with Gasteiger partial charge in [-0.25, -0.2) is 18.7 Å². The molecule has 0 radical (unpaired) electrons. The normalized spacial score (nSPS) is 14.0. The molecule has 7 nitrogen and oxygen atoms in total. The molecule has 0 aliphatic heterocycles. The molecule has 0 spiro atoms. The van der Waals surface area contributed by atoms with Crippen LogP contribution in [0.5, 0.6) is 0 Å². The van der Waals surface area contributed by atoms with E-state index in [-0.39, 0.29) is 22.6 Å². The van der Waals surface area contributed by atoms with Gasteiger partial charge < -0.3 is 9.67 Å². The molecule has 3 heterocycles. The Hall–Kier alpha value is -3.26. The van der Waals surface area contributed by atoms with Gasteiger partial charge >= 0.3 is 5.97 Å². The number of benzene rings is 1. The molecule has 4 aromatic rings. The summed E-state index contributed by atoms with van der Waals surface area (Å²) in [5, 5.41) is 13.8. The molecule has 0 saturated heterocycles. The van der Waals surface area contributed by atoms with Crippen LogP contribution >= 0.6 is 11.6 Å². The Bertz CT molecular complexity index is 1400. The van der Waals surface area contributed by atoms with Gasteiger partial charge in [0.2, 0.25) is 5.43 Å². The van der Waals surface area contributed by atoms with E-state index in [0.29, 0.717) is 27.3 Å². The highest BCUT2D eigenvalue weighted by Crippen LogP contribution is 2.40. The molecule has 29 heavy (non-hydrogen) atoms. The van der Waals surface area contributed by atoms with Crippen LogP contribution in [0.4, 0.5) is 4.39 Å². The third-order valence-corrected chi connectivity index (χ3v) is 5.58. The lowest BCUT2D eigenvalue weighted by atomic mass is 9.96. The lowest BCUT2D eigenvalue weighted by Crippen LogP contribution is -2.19. The van der Waals surface area contributed by atoms with Gasteiger partial charge in [0.15, 0.2) is 5.65 Å². The number of carboxylic acid groups (broad SMARTS) is 1. The van der Waals surface area contributed by atoms with Crippen LogP contribution in [0.15, 0.2) is 35.6 Å². The first kappa shape index (κ1) is 17.8. The molecule has 1 aliphatic rings. The molecule has 1 fully saturated rings. The second-order valence-corrected chi connectivity index (χ2v) is 7.58. The van der Waals surface area contributed by atoms with Crippen molar-refractivity contribution in [3.8, 4) is 11.1 Å². The van der Waals surface area contributed by atoms with Crippen LogP contribution < -0.4 is 5.43 Å². The van der Waals surface area contributed by atoms with Crippen molar-refractivity contribution in [3.05, 3.63) is 63.0 Å². The third kappa shape index (κ3) is 2.63. The Kier molecular flexibility index (Phi) is 3.76. The van der Waals surface area contributed by atoms with Gasteiger partial charge in [-0.2, -0.15) is 5.10 Å². The summed E-state index contributed by atoms with van der Waals surface area (Å²) in [4.78, 5) is 28.3. The maximum atomic E-state index is 15.2. The van der Waals surface area contributed by atoms with Gasteiger partial charge in [0.05, 0.1) is 10.5 Å². The minimum atomic E-state index is -1.32. The van der Waals surface area contributed by atoms with Crippen molar-refractivity contribution in [2.24, 2.45) is 0 Å². The molecule has 0 amide bonds. The summed E-state index contributed by atoms with van der Waals surface area (Å²) in [6.45, 7) is 1.72. The highest BCUT2D eigenvalue weighted by atomic mass is 35.5. The van der Waals surface area contributed by atoms with E-state index in [1.807, 2.05) is 0 Å². The molecule has 1 aromatic carbocycles. The first-order valence-electron chi connectivity index (χ1n) is 8.97. The molecule has 1 N–H and O–H groups in total. The summed E-state index contributed by atoms with van der Waals surface area (Å²) >= 11 is 6.28. The molecule has 9 heteroatoms. The van der Waals surface area contributed by atoms with Crippen LogP contribution in [0.1, 0.15) is 34.8 Å². The van der Waals surface area contributed by atoms with Crippen molar-refractivity contribution in [2.45, 2.75) is 25.8 Å². The van der Waals surface area contributed by atoms with Gasteiger partial charge in [0, 0.05) is 34.9 Å². The molecule has 0 bridgehead atoms. The molecule has 0 unspecified atom stereocenters. The summed E-state index contributed by atoms with van der Waals surface area (Å²) in [6, 6.07) is 2.81. The number of nitrogens with zero attached hydrogens (tertiary/aromatic N) is 4. The zero-order chi connectivity index (χ0) is 20.4. The van der Waals surface area contributed by atoms with Crippen molar-refractivity contribution in [2.75, 3.05) is 0 Å². The van der Waals surface area contributed by atoms with Crippen molar-refractivity contribution >= 4 is 34.1 Å². The number of hydrogen-bond acceptors (Lipinski definition) is 4. The summed E-state index contributed by atoms with van der Waals surface area (Å²) < 4.78 is 18.4. The van der Waals surface area contributed by atoms with Gasteiger partial charge in [-0.3, -0.25) is 4.79 Å². The first-order valence-corrected chi connectivity index (χ1v) is 9.35. The molecule has 0 atom stereocenters. The van der Waals surface area contributed by atoms with Crippen LogP contribution in [0.2, 0.25) is 5.02 Å². The molecule has 146 valence electrons. The second-order valence-electron chi connectivity index (χ2n) is 7.17. The van der Waals surface area contributed by atoms with Crippen LogP contribution in [-0.4, -0.2) is 30.2 Å². The zero-order valence-corrected chi connectivity index (χ0v) is 15.9. The Morgan fingerprint density at radius 2 is 2.07 bits per heavy atom. The molecule has 3 aromatic heterocycles. The summed E-state index contributed by atoms with van der Waals surface area (Å²) in [5.41, 5.74) is 1.25. The van der Waals surface area contributed by atoms with Crippen LogP contribution in [0.3, 0.4) is 0 Å². The minimum absolute atomic E-state index is 0.0588. The molecular weight excluding hydrogens is 399 g/mol. The van der Waals surface area contributed by atoms with Crippen molar-refractivity contribution < 1.29 is 14.3 Å². The number of hydrogen-bond donors (Lipinski definition) is 1. The number of aromatic carboxylic acids is 1. The van der Waals surface area contributed by atoms with E-state index < -0.39 is 17.2 Å². The first-order chi connectivity index (χ1) is 13.9. The van der Waals surface area contributed by atoms with Crippen molar-refractivity contribution in [1.82, 2.24) is 19.2 Å². The van der Waals surface area contributed by atoms with Crippen molar-refractivity contribution in [3.63, 3.8) is 0 Å². The highest BCUT2D eigenvalue weighted by Gasteiger charge is 2.29. The zero-order valence-electron chi connectivity index (χ0n) is 15.2. The molecule has 1 aliphatic carbocycles. The van der Waals surface area contributed by atoms with Gasteiger partial charge in [-0.1, -0.05) is 11.6 Å². The predicted molar refractivity (Wildman–Crippen MR) is 105 cm³/mol. The summed E-state index contributed by atoms with van der Waals surface area (Å²) in [7, 11) is 0. The summed E-state index contributed by atoms with van der Waals surface area (Å²) in [6.07, 6.45) is 6.09. The van der Waals surface area contributed by atoms with Gasteiger partial charge in [-0.05, 0) is 37.5 Å². The van der Waals surface area contributed by atoms with Crippen LogP contribution in [0, 0.1) is 12.7 Å². The van der Waals surface area contributed by atoms with E-state index in [2.05, 4.69) is 10.1 Å². The number of rotatable bonds is 3. The largest absolute Gasteiger partial charge is 0.477 e. The number of fused-ring (bicyclic) bond motifs is 2. The number of aryl methyl sites for hydroxylation is 1. The van der Waals surface area contributed by atoms with E-state index in [9.17, 15) is 14.7 Å². The lowest BCUT2D eigenvalue weighted by Gasteiger charge is -2.17. The second kappa shape index (κ2) is 6.12. The van der Waals surface area contributed by atoms with E-state index in [0.717, 1.165) is 18.9 Å². The van der Waals surface area contributed by atoms with Gasteiger partial charge in [-0.15, -0.1) is 0 Å². The average molecular weight is 413 g/mol. The van der Waals surface area contributed by atoms with E-state index in [1.54, 1.807) is 23.8 Å². The number of pyridine rings is 2. The Morgan fingerprint density at radius 3 is 2.76 bits per heavy atom. The van der Waals surface area contributed by atoms with Crippen LogP contribution in [0.25, 0.3) is 27.7 Å². The average Bonchev–Trinajstić information content (AvgIpc) is 3.39. The third-order valence-electron chi connectivity index (χ3n) is 5.30. The fourth-order valence-corrected chi connectivity index (χ4v) is 4.10. The number of halogens is 2. The number of carbonyl (C=O) groups is 1. The van der Waals surface area contributed by atoms with Gasteiger partial charge in [0.1, 0.15) is 17.7 Å². The minimum Gasteiger partial charge on any atom is -0.477 e. The standard InChI is InChI=1S/C20H14ClFN4O3/c1-9-16(10-4-14(21)19-23-8-24-26(19)6-10)15(22)5-12-17(9)25(11-2-3-11)7-13(18(12)27)20(28)29/h4-8,11H,2-3H2,1H3,(H,28,29). The maximum absolute atomic E-state index is 15.2. The number of carboxylic acids is 1. The van der Waals surface area contributed by atoms with Crippen LogP contribution in [-0.2, 0) is 0 Å². The van der Waals surface area contributed by atoms with Gasteiger partial charge in [0.25, 0.3) is 0 Å². The monoisotopic (exact) mass is 412 g/mol. The highest BCUT2D eigenvalue weighted by molar-refractivity contribution is 6.33. The Morgan fingerprint density at radius 1 is 1.31 bits per heavy atom. The fourth-order valence-electron chi connectivity index (χ4n) is 3.85. The smallest absolute Gasteiger partial charge is 0.341 e. The maximum Gasteiger partial charge on any atom is 0.341 e. The Balaban J connectivity index is 1.88. The Labute approximate surface area is 168 Å². The lowest BCUT2D eigenvalue weighted by molar-refractivity contribution is 0.0695. The number of aromatic nitrogens is 4.